The van der Waals surface area contributed by atoms with Crippen LogP contribution in [0.4, 0.5) is 4.39 Å². The molecule has 0 unspecified atom stereocenters. The lowest BCUT2D eigenvalue weighted by Gasteiger charge is -1.99. The van der Waals surface area contributed by atoms with Crippen molar-refractivity contribution >= 4 is 6.08 Å². The Kier molecular flexibility index (Phi) is 4.26. The summed E-state index contributed by atoms with van der Waals surface area (Å²) in [5, 5.41) is 3.04. The van der Waals surface area contributed by atoms with Gasteiger partial charge in [-0.25, -0.2) is 4.98 Å². The molecule has 2 nitrogen and oxygen atoms in total. The quantitative estimate of drug-likeness (QED) is 0.587. The maximum atomic E-state index is 13.0. The summed E-state index contributed by atoms with van der Waals surface area (Å²) < 4.78 is 13.0. The van der Waals surface area contributed by atoms with Crippen molar-refractivity contribution in [1.29, 1.82) is 0 Å². The monoisotopic (exact) mass is 194 g/mol. The molecule has 3 heteroatoms. The maximum absolute atomic E-state index is 13.0. The Morgan fingerprint density at radius 1 is 1.57 bits per heavy atom. The summed E-state index contributed by atoms with van der Waals surface area (Å²) in [6.45, 7) is 2.67. The van der Waals surface area contributed by atoms with E-state index in [9.17, 15) is 4.39 Å². The lowest BCUT2D eigenvalue weighted by molar-refractivity contribution is 0.574. The van der Waals surface area contributed by atoms with Gasteiger partial charge in [0, 0.05) is 11.8 Å². The molecule has 0 aliphatic carbocycles. The first-order valence-corrected chi connectivity index (χ1v) is 4.68. The highest BCUT2D eigenvalue weighted by Gasteiger charge is 2.00. The number of nitrogens with zero attached hydrogens (tertiary/aromatic N) is 1. The zero-order valence-electron chi connectivity index (χ0n) is 8.55. The van der Waals surface area contributed by atoms with E-state index in [-0.39, 0.29) is 5.95 Å². The number of halogens is 1. The van der Waals surface area contributed by atoms with Gasteiger partial charge in [0.15, 0.2) is 0 Å². The Morgan fingerprint density at radius 2 is 2.36 bits per heavy atom. The van der Waals surface area contributed by atoms with Crippen LogP contribution in [0.25, 0.3) is 6.08 Å². The molecule has 0 radical (unpaired) electrons. The Bertz CT molecular complexity index is 321. The summed E-state index contributed by atoms with van der Waals surface area (Å²) in [5.41, 5.74) is 1.50. The molecule has 0 bridgehead atoms. The second-order valence-electron chi connectivity index (χ2n) is 3.11. The van der Waals surface area contributed by atoms with Gasteiger partial charge >= 0.3 is 0 Å². The van der Waals surface area contributed by atoms with Gasteiger partial charge in [0.1, 0.15) is 0 Å². The minimum atomic E-state index is -0.388. The molecule has 0 saturated carbocycles. The van der Waals surface area contributed by atoms with Crippen LogP contribution in [0.15, 0.2) is 18.3 Å². The van der Waals surface area contributed by atoms with E-state index in [1.165, 1.54) is 6.20 Å². The highest BCUT2D eigenvalue weighted by atomic mass is 19.1. The van der Waals surface area contributed by atoms with E-state index in [1.807, 2.05) is 25.3 Å². The Labute approximate surface area is 83.9 Å². The molecule has 1 rings (SSSR count). The van der Waals surface area contributed by atoms with Gasteiger partial charge in [0.2, 0.25) is 5.95 Å². The molecule has 0 atom stereocenters. The molecule has 1 aromatic heterocycles. The predicted octanol–water partition coefficient (Wildman–Crippen LogP) is 2.15. The Balaban J connectivity index is 2.67. The fourth-order valence-electron chi connectivity index (χ4n) is 1.14. The van der Waals surface area contributed by atoms with E-state index < -0.39 is 0 Å². The van der Waals surface area contributed by atoms with E-state index in [0.29, 0.717) is 5.56 Å². The van der Waals surface area contributed by atoms with Gasteiger partial charge in [0.05, 0.1) is 0 Å². The van der Waals surface area contributed by atoms with Crippen LogP contribution in [0.3, 0.4) is 0 Å². The van der Waals surface area contributed by atoms with Crippen LogP contribution in [0.1, 0.15) is 17.5 Å². The number of hydrogen-bond acceptors (Lipinski definition) is 2. The molecule has 1 N–H and O–H groups in total. The van der Waals surface area contributed by atoms with Gasteiger partial charge in [-0.15, -0.1) is 0 Å². The molecule has 14 heavy (non-hydrogen) atoms. The second-order valence-corrected chi connectivity index (χ2v) is 3.11. The van der Waals surface area contributed by atoms with Gasteiger partial charge in [-0.1, -0.05) is 12.2 Å². The normalized spacial score (nSPS) is 11.1. The fourth-order valence-corrected chi connectivity index (χ4v) is 1.14. The average molecular weight is 194 g/mol. The van der Waals surface area contributed by atoms with Crippen molar-refractivity contribution < 1.29 is 4.39 Å². The summed E-state index contributed by atoms with van der Waals surface area (Å²) in [6, 6.07) is 1.81. The minimum Gasteiger partial charge on any atom is -0.319 e. The third-order valence-electron chi connectivity index (χ3n) is 2.04. The summed E-state index contributed by atoms with van der Waals surface area (Å²) in [7, 11) is 1.91. The zero-order chi connectivity index (χ0) is 10.4. The zero-order valence-corrected chi connectivity index (χ0v) is 8.55. The van der Waals surface area contributed by atoms with E-state index >= 15 is 0 Å². The van der Waals surface area contributed by atoms with Crippen LogP contribution in [0.2, 0.25) is 0 Å². The van der Waals surface area contributed by atoms with Gasteiger partial charge in [0.25, 0.3) is 0 Å². The largest absolute Gasteiger partial charge is 0.319 e. The van der Waals surface area contributed by atoms with Crippen LogP contribution < -0.4 is 5.32 Å². The highest BCUT2D eigenvalue weighted by molar-refractivity contribution is 5.52. The topological polar surface area (TPSA) is 24.9 Å². The minimum absolute atomic E-state index is 0.388. The van der Waals surface area contributed by atoms with Crippen LogP contribution in [-0.2, 0) is 0 Å². The summed E-state index contributed by atoms with van der Waals surface area (Å²) in [4.78, 5) is 3.57. The average Bonchev–Trinajstić information content (AvgIpc) is 2.19. The fraction of sp³-hybridized carbons (Fsp3) is 0.364. The first-order valence-electron chi connectivity index (χ1n) is 4.68. The molecule has 0 aliphatic heterocycles. The van der Waals surface area contributed by atoms with Crippen molar-refractivity contribution in [2.45, 2.75) is 13.3 Å². The molecule has 0 fully saturated rings. The lowest BCUT2D eigenvalue weighted by atomic mass is 10.1. The van der Waals surface area contributed by atoms with Crippen LogP contribution in [0.5, 0.6) is 0 Å². The van der Waals surface area contributed by atoms with Crippen molar-refractivity contribution in [2.24, 2.45) is 0 Å². The van der Waals surface area contributed by atoms with Crippen LogP contribution in [0, 0.1) is 12.9 Å². The Morgan fingerprint density at radius 3 is 3.07 bits per heavy atom. The Hall–Kier alpha value is -1.22. The highest BCUT2D eigenvalue weighted by Crippen LogP contribution is 2.11. The number of pyridine rings is 1. The lowest BCUT2D eigenvalue weighted by Crippen LogP contribution is -2.05. The van der Waals surface area contributed by atoms with Gasteiger partial charge in [-0.05, 0) is 38.6 Å². The maximum Gasteiger partial charge on any atom is 0.216 e. The molecule has 1 aromatic rings. The van der Waals surface area contributed by atoms with Gasteiger partial charge < -0.3 is 5.32 Å². The van der Waals surface area contributed by atoms with E-state index in [1.54, 1.807) is 6.92 Å². The smallest absolute Gasteiger partial charge is 0.216 e. The van der Waals surface area contributed by atoms with Gasteiger partial charge in [-0.2, -0.15) is 4.39 Å². The molecule has 0 amide bonds. The molecule has 76 valence electrons. The molecular weight excluding hydrogens is 179 g/mol. The standard InChI is InChI=1S/C11H15FN2/c1-9-10(5-3-4-7-13-2)6-8-14-11(9)12/h3,5-6,8,13H,4,7H2,1-2H3. The third-order valence-corrected chi connectivity index (χ3v) is 2.04. The summed E-state index contributed by atoms with van der Waals surface area (Å²) in [6.07, 6.45) is 6.38. The first kappa shape index (κ1) is 10.9. The molecule has 1 heterocycles. The number of rotatable bonds is 4. The van der Waals surface area contributed by atoms with E-state index in [4.69, 9.17) is 0 Å². The van der Waals surface area contributed by atoms with Gasteiger partial charge in [-0.3, -0.25) is 0 Å². The first-order chi connectivity index (χ1) is 6.75. The number of aromatic nitrogens is 1. The third kappa shape index (κ3) is 2.92. The van der Waals surface area contributed by atoms with E-state index in [0.717, 1.165) is 18.5 Å². The van der Waals surface area contributed by atoms with Crippen molar-refractivity contribution in [3.05, 3.63) is 35.4 Å². The predicted molar refractivity (Wildman–Crippen MR) is 56.5 cm³/mol. The van der Waals surface area contributed by atoms with Crippen molar-refractivity contribution in [3.8, 4) is 0 Å². The summed E-state index contributed by atoms with van der Waals surface area (Å²) >= 11 is 0. The SMILES string of the molecule is CNCCC=Cc1ccnc(F)c1C. The van der Waals surface area contributed by atoms with Crippen LogP contribution in [-0.4, -0.2) is 18.6 Å². The molecular formula is C11H15FN2. The molecule has 0 aromatic carbocycles. The van der Waals surface area contributed by atoms with Crippen molar-refractivity contribution in [3.63, 3.8) is 0 Å². The van der Waals surface area contributed by atoms with Crippen LogP contribution >= 0.6 is 0 Å². The van der Waals surface area contributed by atoms with Crippen molar-refractivity contribution in [1.82, 2.24) is 10.3 Å². The molecule has 0 aliphatic rings. The second kappa shape index (κ2) is 5.50. The molecule has 0 spiro atoms. The summed E-state index contributed by atoms with van der Waals surface area (Å²) in [5.74, 6) is -0.388. The van der Waals surface area contributed by atoms with E-state index in [2.05, 4.69) is 10.3 Å². The number of nitrogens with one attached hydrogen (secondary N) is 1. The number of hydrogen-bond donors (Lipinski definition) is 1. The van der Waals surface area contributed by atoms with Crippen molar-refractivity contribution in [2.75, 3.05) is 13.6 Å². The molecule has 0 saturated heterocycles.